The van der Waals surface area contributed by atoms with E-state index in [0.717, 1.165) is 0 Å². The number of halogens is 2. The van der Waals surface area contributed by atoms with Crippen LogP contribution >= 0.6 is 15.9 Å². The molecule has 1 N–H and O–H groups in total. The van der Waals surface area contributed by atoms with Crippen molar-refractivity contribution in [3.05, 3.63) is 58.3 Å². The van der Waals surface area contributed by atoms with Crippen LogP contribution in [-0.2, 0) is 0 Å². The summed E-state index contributed by atoms with van der Waals surface area (Å²) >= 11 is 3.03. The van der Waals surface area contributed by atoms with Gasteiger partial charge in [-0.05, 0) is 46.3 Å². The first kappa shape index (κ1) is 15.0. The van der Waals surface area contributed by atoms with Crippen molar-refractivity contribution in [2.75, 3.05) is 11.9 Å². The summed E-state index contributed by atoms with van der Waals surface area (Å²) in [4.78, 5) is 12.1. The van der Waals surface area contributed by atoms with Crippen molar-refractivity contribution in [1.29, 1.82) is 5.26 Å². The Hall–Kier alpha value is -2.39. The van der Waals surface area contributed by atoms with E-state index >= 15 is 0 Å². The average molecular weight is 349 g/mol. The lowest BCUT2D eigenvalue weighted by molar-refractivity contribution is 0.102. The van der Waals surface area contributed by atoms with Gasteiger partial charge in [0.25, 0.3) is 5.91 Å². The van der Waals surface area contributed by atoms with Crippen LogP contribution in [-0.4, -0.2) is 12.5 Å². The number of para-hydroxylation sites is 2. The van der Waals surface area contributed by atoms with Crippen LogP contribution < -0.4 is 10.1 Å². The zero-order chi connectivity index (χ0) is 15.2. The molecule has 0 spiro atoms. The standard InChI is InChI=1S/C15H10BrFN2O2/c16-11-9-10(5-6-12(11)17)15(20)19-13-3-1-2-4-14(13)21-8-7-18/h1-6,9H,8H2,(H,19,20). The molecule has 0 aliphatic heterocycles. The number of carbonyl (C=O) groups is 1. The van der Waals surface area contributed by atoms with E-state index in [1.165, 1.54) is 18.2 Å². The molecule has 0 fully saturated rings. The van der Waals surface area contributed by atoms with E-state index in [0.29, 0.717) is 17.0 Å². The fraction of sp³-hybridized carbons (Fsp3) is 0.0667. The minimum atomic E-state index is -0.440. The van der Waals surface area contributed by atoms with Gasteiger partial charge in [0.1, 0.15) is 17.6 Å². The topological polar surface area (TPSA) is 62.1 Å². The van der Waals surface area contributed by atoms with Gasteiger partial charge in [-0.3, -0.25) is 4.79 Å². The summed E-state index contributed by atoms with van der Waals surface area (Å²) < 4.78 is 18.6. The highest BCUT2D eigenvalue weighted by molar-refractivity contribution is 9.10. The van der Waals surface area contributed by atoms with Crippen LogP contribution in [0.3, 0.4) is 0 Å². The maximum absolute atomic E-state index is 13.2. The van der Waals surface area contributed by atoms with Gasteiger partial charge in [-0.15, -0.1) is 0 Å². The number of nitriles is 1. The Balaban J connectivity index is 2.19. The second-order valence-corrected chi connectivity index (χ2v) is 4.88. The fourth-order valence-corrected chi connectivity index (χ4v) is 2.02. The summed E-state index contributed by atoms with van der Waals surface area (Å²) in [7, 11) is 0. The van der Waals surface area contributed by atoms with Crippen LogP contribution in [0.1, 0.15) is 10.4 Å². The molecule has 0 bridgehead atoms. The minimum absolute atomic E-state index is 0.116. The van der Waals surface area contributed by atoms with Gasteiger partial charge in [-0.25, -0.2) is 4.39 Å². The maximum atomic E-state index is 13.2. The molecule has 0 atom stereocenters. The van der Waals surface area contributed by atoms with Gasteiger partial charge < -0.3 is 10.1 Å². The van der Waals surface area contributed by atoms with Crippen molar-refractivity contribution in [2.24, 2.45) is 0 Å². The quantitative estimate of drug-likeness (QED) is 0.915. The number of anilines is 1. The van der Waals surface area contributed by atoms with Gasteiger partial charge >= 0.3 is 0 Å². The highest BCUT2D eigenvalue weighted by Crippen LogP contribution is 2.25. The van der Waals surface area contributed by atoms with Crippen molar-refractivity contribution in [3.63, 3.8) is 0 Å². The fourth-order valence-electron chi connectivity index (χ4n) is 1.64. The Bertz CT molecular complexity index is 713. The van der Waals surface area contributed by atoms with Crippen LogP contribution in [0.4, 0.5) is 10.1 Å². The SMILES string of the molecule is N#CCOc1ccccc1NC(=O)c1ccc(F)c(Br)c1. The second-order valence-electron chi connectivity index (χ2n) is 4.03. The van der Waals surface area contributed by atoms with Gasteiger partial charge in [-0.1, -0.05) is 12.1 Å². The molecular formula is C15H10BrFN2O2. The third-order valence-corrected chi connectivity index (χ3v) is 3.22. The van der Waals surface area contributed by atoms with Crippen LogP contribution in [0.25, 0.3) is 0 Å². The monoisotopic (exact) mass is 348 g/mol. The van der Waals surface area contributed by atoms with Gasteiger partial charge in [-0.2, -0.15) is 5.26 Å². The number of amides is 1. The Labute approximate surface area is 129 Å². The Morgan fingerprint density at radius 1 is 1.33 bits per heavy atom. The van der Waals surface area contributed by atoms with Gasteiger partial charge in [0.2, 0.25) is 0 Å². The molecule has 21 heavy (non-hydrogen) atoms. The number of ether oxygens (including phenoxy) is 1. The number of benzene rings is 2. The number of nitrogens with one attached hydrogen (secondary N) is 1. The lowest BCUT2D eigenvalue weighted by Gasteiger charge is -2.10. The normalized spacial score (nSPS) is 9.76. The van der Waals surface area contributed by atoms with Crippen LogP contribution in [0.2, 0.25) is 0 Å². The molecule has 0 aliphatic rings. The smallest absolute Gasteiger partial charge is 0.255 e. The maximum Gasteiger partial charge on any atom is 0.255 e. The number of hydrogen-bond acceptors (Lipinski definition) is 3. The van der Waals surface area contributed by atoms with Crippen LogP contribution in [0.5, 0.6) is 5.75 Å². The number of carbonyl (C=O) groups excluding carboxylic acids is 1. The minimum Gasteiger partial charge on any atom is -0.477 e. The van der Waals surface area contributed by atoms with Crippen LogP contribution in [0, 0.1) is 17.1 Å². The molecular weight excluding hydrogens is 339 g/mol. The Morgan fingerprint density at radius 3 is 2.81 bits per heavy atom. The third kappa shape index (κ3) is 3.80. The van der Waals surface area contributed by atoms with Gasteiger partial charge in [0, 0.05) is 5.56 Å². The predicted molar refractivity (Wildman–Crippen MR) is 79.6 cm³/mol. The summed E-state index contributed by atoms with van der Waals surface area (Å²) in [6, 6.07) is 12.6. The lowest BCUT2D eigenvalue weighted by Crippen LogP contribution is -2.13. The van der Waals surface area contributed by atoms with Crippen molar-refractivity contribution < 1.29 is 13.9 Å². The summed E-state index contributed by atoms with van der Waals surface area (Å²) in [5, 5.41) is 11.2. The summed E-state index contributed by atoms with van der Waals surface area (Å²) in [6.07, 6.45) is 0. The third-order valence-electron chi connectivity index (χ3n) is 2.61. The number of hydrogen-bond donors (Lipinski definition) is 1. The Morgan fingerprint density at radius 2 is 2.10 bits per heavy atom. The molecule has 0 aliphatic carbocycles. The molecule has 0 aromatic heterocycles. The highest BCUT2D eigenvalue weighted by atomic mass is 79.9. The van der Waals surface area contributed by atoms with Crippen molar-refractivity contribution in [1.82, 2.24) is 0 Å². The summed E-state index contributed by atoms with van der Waals surface area (Å²) in [6.45, 7) is -0.116. The zero-order valence-electron chi connectivity index (χ0n) is 10.8. The molecule has 6 heteroatoms. The van der Waals surface area contributed by atoms with Crippen LogP contribution in [0.15, 0.2) is 46.9 Å². The first-order valence-electron chi connectivity index (χ1n) is 5.97. The molecule has 0 radical (unpaired) electrons. The first-order chi connectivity index (χ1) is 10.1. The van der Waals surface area contributed by atoms with E-state index < -0.39 is 11.7 Å². The molecule has 0 saturated carbocycles. The predicted octanol–water partition coefficient (Wildman–Crippen LogP) is 3.74. The van der Waals surface area contributed by atoms with E-state index in [2.05, 4.69) is 21.2 Å². The van der Waals surface area contributed by atoms with E-state index in [1.807, 2.05) is 6.07 Å². The molecule has 4 nitrogen and oxygen atoms in total. The molecule has 0 heterocycles. The number of nitrogens with zero attached hydrogens (tertiary/aromatic N) is 1. The lowest BCUT2D eigenvalue weighted by atomic mass is 10.2. The van der Waals surface area contributed by atoms with E-state index in [1.54, 1.807) is 24.3 Å². The molecule has 1 amide bonds. The molecule has 2 aromatic carbocycles. The van der Waals surface area contributed by atoms with E-state index in [9.17, 15) is 9.18 Å². The highest BCUT2D eigenvalue weighted by Gasteiger charge is 2.11. The van der Waals surface area contributed by atoms with E-state index in [4.69, 9.17) is 10.00 Å². The average Bonchev–Trinajstić information content (AvgIpc) is 2.49. The zero-order valence-corrected chi connectivity index (χ0v) is 12.4. The summed E-state index contributed by atoms with van der Waals surface area (Å²) in [5.74, 6) is -0.443. The molecule has 0 saturated heterocycles. The molecule has 106 valence electrons. The van der Waals surface area contributed by atoms with Gasteiger partial charge in [0.15, 0.2) is 6.61 Å². The largest absolute Gasteiger partial charge is 0.477 e. The van der Waals surface area contributed by atoms with Gasteiger partial charge in [0.05, 0.1) is 10.2 Å². The van der Waals surface area contributed by atoms with Crippen molar-refractivity contribution >= 4 is 27.5 Å². The first-order valence-corrected chi connectivity index (χ1v) is 6.76. The van der Waals surface area contributed by atoms with Crippen molar-refractivity contribution in [2.45, 2.75) is 0 Å². The van der Waals surface area contributed by atoms with Crippen molar-refractivity contribution in [3.8, 4) is 11.8 Å². The molecule has 2 aromatic rings. The molecule has 2 rings (SSSR count). The van der Waals surface area contributed by atoms with E-state index in [-0.39, 0.29) is 11.1 Å². The second kappa shape index (κ2) is 6.86. The molecule has 0 unspecified atom stereocenters. The Kier molecular flexibility index (Phi) is 4.90. The summed E-state index contributed by atoms with van der Waals surface area (Å²) in [5.41, 5.74) is 0.747. The number of rotatable bonds is 4.